The van der Waals surface area contributed by atoms with Gasteiger partial charge in [-0.15, -0.1) is 0 Å². The summed E-state index contributed by atoms with van der Waals surface area (Å²) in [5.74, 6) is 1.46. The quantitative estimate of drug-likeness (QED) is 0.733. The summed E-state index contributed by atoms with van der Waals surface area (Å²) in [4.78, 5) is 2.01. The summed E-state index contributed by atoms with van der Waals surface area (Å²) in [6.07, 6.45) is 1.65. The van der Waals surface area contributed by atoms with Gasteiger partial charge in [-0.25, -0.2) is 0 Å². The maximum Gasteiger partial charge on any atom is 0.174 e. The molecule has 5 nitrogen and oxygen atoms in total. The molecular weight excluding hydrogens is 348 g/mol. The highest BCUT2D eigenvalue weighted by atomic mass is 35.5. The van der Waals surface area contributed by atoms with Crippen molar-refractivity contribution in [3.05, 3.63) is 47.4 Å². The molecule has 2 rings (SSSR count). The van der Waals surface area contributed by atoms with Gasteiger partial charge in [0.15, 0.2) is 5.11 Å². The normalized spacial score (nSPS) is 11.8. The molecule has 1 unspecified atom stereocenters. The van der Waals surface area contributed by atoms with Crippen molar-refractivity contribution in [2.75, 3.05) is 32.7 Å². The molecule has 0 fully saturated rings. The molecule has 0 aliphatic rings. The molecule has 1 N–H and O–H groups in total. The number of halogens is 1. The van der Waals surface area contributed by atoms with Crippen LogP contribution in [0.4, 0.5) is 5.69 Å². The van der Waals surface area contributed by atoms with Gasteiger partial charge in [0.1, 0.15) is 11.5 Å². The van der Waals surface area contributed by atoms with Crippen molar-refractivity contribution < 1.29 is 13.9 Å². The Bertz CT molecular complexity index is 664. The highest BCUT2D eigenvalue weighted by Crippen LogP contribution is 2.29. The lowest BCUT2D eigenvalue weighted by molar-refractivity contribution is 0.160. The van der Waals surface area contributed by atoms with Crippen molar-refractivity contribution in [2.45, 2.75) is 13.0 Å². The number of thiocarbonyl (C=S) groups is 1. The third kappa shape index (κ3) is 4.63. The second-order valence-electron chi connectivity index (χ2n) is 5.15. The number of methoxy groups -OCH3 is 2. The van der Waals surface area contributed by atoms with E-state index >= 15 is 0 Å². The van der Waals surface area contributed by atoms with Crippen molar-refractivity contribution in [1.29, 1.82) is 0 Å². The Morgan fingerprint density at radius 1 is 1.38 bits per heavy atom. The Balaban J connectivity index is 2.18. The lowest BCUT2D eigenvalue weighted by Gasteiger charge is -2.30. The van der Waals surface area contributed by atoms with Gasteiger partial charge in [-0.1, -0.05) is 11.6 Å². The highest BCUT2D eigenvalue weighted by Gasteiger charge is 2.21. The van der Waals surface area contributed by atoms with Crippen molar-refractivity contribution >= 4 is 34.6 Å². The van der Waals surface area contributed by atoms with Crippen LogP contribution in [0.1, 0.15) is 18.7 Å². The van der Waals surface area contributed by atoms with Crippen LogP contribution in [0.25, 0.3) is 0 Å². The minimum absolute atomic E-state index is 0.0338. The van der Waals surface area contributed by atoms with Gasteiger partial charge in [-0.3, -0.25) is 0 Å². The van der Waals surface area contributed by atoms with E-state index in [1.54, 1.807) is 32.6 Å². The summed E-state index contributed by atoms with van der Waals surface area (Å²) in [6.45, 7) is 3.20. The molecule has 1 aromatic carbocycles. The summed E-state index contributed by atoms with van der Waals surface area (Å²) in [6, 6.07) is 9.11. The average Bonchev–Trinajstić information content (AvgIpc) is 3.11. The second-order valence-corrected chi connectivity index (χ2v) is 5.98. The number of ether oxygens (including phenoxy) is 2. The lowest BCUT2D eigenvalue weighted by atomic mass is 10.2. The topological polar surface area (TPSA) is 46.9 Å². The molecule has 0 amide bonds. The fourth-order valence-electron chi connectivity index (χ4n) is 2.30. The zero-order valence-electron chi connectivity index (χ0n) is 13.9. The van der Waals surface area contributed by atoms with Crippen LogP contribution in [0.3, 0.4) is 0 Å². The third-order valence-electron chi connectivity index (χ3n) is 3.62. The van der Waals surface area contributed by atoms with Gasteiger partial charge in [0.25, 0.3) is 0 Å². The fourth-order valence-corrected chi connectivity index (χ4v) is 2.82. The van der Waals surface area contributed by atoms with E-state index in [4.69, 9.17) is 37.7 Å². The maximum absolute atomic E-state index is 6.00. The van der Waals surface area contributed by atoms with Crippen LogP contribution < -0.4 is 10.1 Å². The minimum Gasteiger partial charge on any atom is -0.495 e. The van der Waals surface area contributed by atoms with Gasteiger partial charge in [-0.2, -0.15) is 0 Å². The number of hydrogen-bond acceptors (Lipinski definition) is 4. The molecule has 0 aliphatic carbocycles. The van der Waals surface area contributed by atoms with E-state index in [1.807, 2.05) is 30.0 Å². The molecule has 1 heterocycles. The van der Waals surface area contributed by atoms with Crippen LogP contribution in [0, 0.1) is 0 Å². The molecule has 1 atom stereocenters. The standard InChI is InChI=1S/C17H21ClN2O3S/c1-12(15-5-4-9-23-15)20(8-10-21-2)17(24)19-14-7-6-13(18)11-16(14)22-3/h4-7,9,11-12H,8,10H2,1-3H3,(H,19,24). The molecule has 0 radical (unpaired) electrons. The van der Waals surface area contributed by atoms with E-state index in [-0.39, 0.29) is 6.04 Å². The number of nitrogens with one attached hydrogen (secondary N) is 1. The van der Waals surface area contributed by atoms with E-state index < -0.39 is 0 Å². The molecule has 0 saturated carbocycles. The van der Waals surface area contributed by atoms with Gasteiger partial charge < -0.3 is 24.1 Å². The average molecular weight is 369 g/mol. The Labute approximate surface area is 152 Å². The molecule has 24 heavy (non-hydrogen) atoms. The van der Waals surface area contributed by atoms with Crippen molar-refractivity contribution in [1.82, 2.24) is 4.90 Å². The summed E-state index contributed by atoms with van der Waals surface area (Å²) >= 11 is 11.6. The van der Waals surface area contributed by atoms with Crippen molar-refractivity contribution in [2.24, 2.45) is 0 Å². The van der Waals surface area contributed by atoms with Gasteiger partial charge in [0, 0.05) is 24.7 Å². The zero-order valence-corrected chi connectivity index (χ0v) is 15.5. The lowest BCUT2D eigenvalue weighted by Crippen LogP contribution is -2.39. The largest absolute Gasteiger partial charge is 0.495 e. The maximum atomic E-state index is 6.00. The SMILES string of the molecule is COCCN(C(=S)Nc1ccc(Cl)cc1OC)C(C)c1ccco1. The predicted molar refractivity (Wildman–Crippen MR) is 99.9 cm³/mol. The van der Waals surface area contributed by atoms with Gasteiger partial charge >= 0.3 is 0 Å². The number of benzene rings is 1. The molecule has 7 heteroatoms. The number of furan rings is 1. The first kappa shape index (κ1) is 18.6. The van der Waals surface area contributed by atoms with E-state index in [1.165, 1.54) is 0 Å². The highest BCUT2D eigenvalue weighted by molar-refractivity contribution is 7.80. The zero-order chi connectivity index (χ0) is 17.5. The predicted octanol–water partition coefficient (Wildman–Crippen LogP) is 4.35. The summed E-state index contributed by atoms with van der Waals surface area (Å²) in [7, 11) is 3.25. The number of nitrogens with zero attached hydrogens (tertiary/aromatic N) is 1. The minimum atomic E-state index is -0.0338. The monoisotopic (exact) mass is 368 g/mol. The number of hydrogen-bond donors (Lipinski definition) is 1. The molecule has 0 aliphatic heterocycles. The molecular formula is C17H21ClN2O3S. The Morgan fingerprint density at radius 2 is 2.17 bits per heavy atom. The summed E-state index contributed by atoms with van der Waals surface area (Å²) in [5, 5.41) is 4.37. The molecule has 1 aromatic heterocycles. The van der Waals surface area contributed by atoms with E-state index in [0.29, 0.717) is 29.0 Å². The van der Waals surface area contributed by atoms with Crippen LogP contribution >= 0.6 is 23.8 Å². The van der Waals surface area contributed by atoms with Crippen LogP contribution in [-0.4, -0.2) is 37.4 Å². The second kappa shape index (κ2) is 8.92. The molecule has 0 bridgehead atoms. The number of rotatable bonds is 7. The Hall–Kier alpha value is -1.76. The third-order valence-corrected chi connectivity index (χ3v) is 4.20. The van der Waals surface area contributed by atoms with Gasteiger partial charge in [0.05, 0.1) is 31.7 Å². The first-order valence-corrected chi connectivity index (χ1v) is 8.29. The van der Waals surface area contributed by atoms with Crippen LogP contribution in [-0.2, 0) is 4.74 Å². The smallest absolute Gasteiger partial charge is 0.174 e. The number of anilines is 1. The van der Waals surface area contributed by atoms with E-state index in [2.05, 4.69) is 5.32 Å². The van der Waals surface area contributed by atoms with Crippen molar-refractivity contribution in [3.8, 4) is 5.75 Å². The molecule has 0 spiro atoms. The van der Waals surface area contributed by atoms with E-state index in [0.717, 1.165) is 11.4 Å². The fraction of sp³-hybridized carbons (Fsp3) is 0.353. The first-order chi connectivity index (χ1) is 11.6. The van der Waals surface area contributed by atoms with Gasteiger partial charge in [-0.05, 0) is 43.4 Å². The Kier molecular flexibility index (Phi) is 6.90. The molecule has 2 aromatic rings. The molecule has 130 valence electrons. The van der Waals surface area contributed by atoms with Crippen LogP contribution in [0.2, 0.25) is 5.02 Å². The molecule has 0 saturated heterocycles. The van der Waals surface area contributed by atoms with Gasteiger partial charge in [0.2, 0.25) is 0 Å². The van der Waals surface area contributed by atoms with E-state index in [9.17, 15) is 0 Å². The Morgan fingerprint density at radius 3 is 2.79 bits per heavy atom. The van der Waals surface area contributed by atoms with Crippen LogP contribution in [0.5, 0.6) is 5.75 Å². The van der Waals surface area contributed by atoms with Crippen molar-refractivity contribution in [3.63, 3.8) is 0 Å². The summed E-state index contributed by atoms with van der Waals surface area (Å²) in [5.41, 5.74) is 0.751. The van der Waals surface area contributed by atoms with Crippen LogP contribution in [0.15, 0.2) is 41.0 Å². The summed E-state index contributed by atoms with van der Waals surface area (Å²) < 4.78 is 16.1. The first-order valence-electron chi connectivity index (χ1n) is 7.50.